The summed E-state index contributed by atoms with van der Waals surface area (Å²) in [5, 5.41) is 2.85. The zero-order valence-electron chi connectivity index (χ0n) is 14.6. The maximum atomic E-state index is 12.5. The Morgan fingerprint density at radius 1 is 1.12 bits per heavy atom. The molecule has 0 radical (unpaired) electrons. The number of carbonyl (C=O) groups excluding carboxylic acids is 1. The molecule has 0 saturated carbocycles. The fourth-order valence-electron chi connectivity index (χ4n) is 2.59. The minimum atomic E-state index is -0.262. The van der Waals surface area contributed by atoms with Gasteiger partial charge in [-0.2, -0.15) is 0 Å². The normalized spacial score (nSPS) is 10.6. The molecular formula is C18H18BrN3O4. The number of hydrogen-bond donors (Lipinski definition) is 1. The van der Waals surface area contributed by atoms with E-state index in [1.807, 2.05) is 28.9 Å². The summed E-state index contributed by atoms with van der Waals surface area (Å²) in [6.45, 7) is 0.300. The average Bonchev–Trinajstić information content (AvgIpc) is 3.06. The van der Waals surface area contributed by atoms with Crippen molar-refractivity contribution in [3.63, 3.8) is 0 Å². The number of methoxy groups -OCH3 is 3. The highest BCUT2D eigenvalue weighted by molar-refractivity contribution is 9.10. The largest absolute Gasteiger partial charge is 0.493 e. The zero-order valence-corrected chi connectivity index (χ0v) is 16.2. The molecule has 7 nitrogen and oxygen atoms in total. The van der Waals surface area contributed by atoms with Crippen molar-refractivity contribution in [3.05, 3.63) is 52.4 Å². The molecule has 3 rings (SSSR count). The van der Waals surface area contributed by atoms with Crippen LogP contribution >= 0.6 is 15.9 Å². The highest BCUT2D eigenvalue weighted by Crippen LogP contribution is 2.38. The molecule has 1 amide bonds. The van der Waals surface area contributed by atoms with Gasteiger partial charge in [0.15, 0.2) is 11.5 Å². The number of ether oxygens (including phenoxy) is 3. The molecule has 0 fully saturated rings. The molecule has 2 aromatic heterocycles. The van der Waals surface area contributed by atoms with Crippen LogP contribution in [0, 0.1) is 0 Å². The number of aromatic nitrogens is 2. The van der Waals surface area contributed by atoms with Crippen LogP contribution in [-0.4, -0.2) is 36.6 Å². The van der Waals surface area contributed by atoms with Crippen LogP contribution < -0.4 is 19.5 Å². The molecule has 3 aromatic rings. The Hall–Kier alpha value is -2.74. The molecule has 0 unspecified atom stereocenters. The van der Waals surface area contributed by atoms with E-state index in [2.05, 4.69) is 26.2 Å². The lowest BCUT2D eigenvalue weighted by Gasteiger charge is -2.13. The smallest absolute Gasteiger partial charge is 0.251 e. The Bertz CT molecular complexity index is 930. The number of amides is 1. The number of hydrogen-bond acceptors (Lipinski definition) is 5. The number of imidazole rings is 1. The third-order valence-electron chi connectivity index (χ3n) is 3.82. The summed E-state index contributed by atoms with van der Waals surface area (Å²) < 4.78 is 18.7. The SMILES string of the molecule is COc1cc(C(=O)NCc2cn3cc(Br)ccc3n2)cc(OC)c1OC. The number of pyridine rings is 1. The van der Waals surface area contributed by atoms with Gasteiger partial charge in [0.1, 0.15) is 5.65 Å². The van der Waals surface area contributed by atoms with E-state index < -0.39 is 0 Å². The van der Waals surface area contributed by atoms with Gasteiger partial charge in [-0.05, 0) is 40.2 Å². The van der Waals surface area contributed by atoms with Gasteiger partial charge in [0.05, 0.1) is 33.6 Å². The molecule has 8 heteroatoms. The second-order valence-electron chi connectivity index (χ2n) is 5.44. The molecule has 0 aliphatic heterocycles. The fraction of sp³-hybridized carbons (Fsp3) is 0.222. The van der Waals surface area contributed by atoms with Gasteiger partial charge in [-0.15, -0.1) is 0 Å². The molecule has 1 N–H and O–H groups in total. The highest BCUT2D eigenvalue weighted by Gasteiger charge is 2.17. The zero-order chi connectivity index (χ0) is 18.7. The van der Waals surface area contributed by atoms with Crippen molar-refractivity contribution in [1.29, 1.82) is 0 Å². The van der Waals surface area contributed by atoms with Crippen molar-refractivity contribution < 1.29 is 19.0 Å². The van der Waals surface area contributed by atoms with Gasteiger partial charge in [-0.1, -0.05) is 0 Å². The van der Waals surface area contributed by atoms with Crippen LogP contribution in [0.4, 0.5) is 0 Å². The maximum absolute atomic E-state index is 12.5. The number of halogens is 1. The topological polar surface area (TPSA) is 74.1 Å². The van der Waals surface area contributed by atoms with Crippen molar-refractivity contribution in [2.45, 2.75) is 6.54 Å². The molecule has 26 heavy (non-hydrogen) atoms. The minimum Gasteiger partial charge on any atom is -0.493 e. The highest BCUT2D eigenvalue weighted by atomic mass is 79.9. The molecule has 0 spiro atoms. The van der Waals surface area contributed by atoms with E-state index >= 15 is 0 Å². The molecule has 0 saturated heterocycles. The molecule has 2 heterocycles. The van der Waals surface area contributed by atoms with Gasteiger partial charge in [0, 0.05) is 22.4 Å². The van der Waals surface area contributed by atoms with Crippen molar-refractivity contribution >= 4 is 27.5 Å². The third kappa shape index (κ3) is 3.60. The van der Waals surface area contributed by atoms with Crippen LogP contribution in [-0.2, 0) is 6.54 Å². The van der Waals surface area contributed by atoms with Crippen LogP contribution in [0.25, 0.3) is 5.65 Å². The van der Waals surface area contributed by atoms with E-state index in [9.17, 15) is 4.79 Å². The average molecular weight is 420 g/mol. The van der Waals surface area contributed by atoms with E-state index in [0.29, 0.717) is 29.4 Å². The summed E-state index contributed by atoms with van der Waals surface area (Å²) in [5.74, 6) is 1.03. The molecule has 0 bridgehead atoms. The molecule has 0 aliphatic rings. The quantitative estimate of drug-likeness (QED) is 0.664. The number of fused-ring (bicyclic) bond motifs is 1. The Labute approximate surface area is 159 Å². The predicted octanol–water partition coefficient (Wildman–Crippen LogP) is 3.05. The molecule has 0 aliphatic carbocycles. The van der Waals surface area contributed by atoms with Crippen LogP contribution in [0.1, 0.15) is 16.1 Å². The minimum absolute atomic E-state index is 0.262. The number of rotatable bonds is 6. The van der Waals surface area contributed by atoms with Crippen LogP contribution in [0.5, 0.6) is 17.2 Å². The predicted molar refractivity (Wildman–Crippen MR) is 100 cm³/mol. The monoisotopic (exact) mass is 419 g/mol. The first-order valence-corrected chi connectivity index (χ1v) is 8.56. The first kappa shape index (κ1) is 18.1. The molecule has 0 atom stereocenters. The summed E-state index contributed by atoms with van der Waals surface area (Å²) in [4.78, 5) is 17.0. The van der Waals surface area contributed by atoms with Crippen molar-refractivity contribution in [2.24, 2.45) is 0 Å². The van der Waals surface area contributed by atoms with Gasteiger partial charge in [0.2, 0.25) is 5.75 Å². The van der Waals surface area contributed by atoms with Gasteiger partial charge in [-0.25, -0.2) is 4.98 Å². The summed E-state index contributed by atoms with van der Waals surface area (Å²) in [7, 11) is 4.53. The van der Waals surface area contributed by atoms with Gasteiger partial charge >= 0.3 is 0 Å². The van der Waals surface area contributed by atoms with Crippen molar-refractivity contribution in [3.8, 4) is 17.2 Å². The Kier molecular flexibility index (Phi) is 5.32. The Morgan fingerprint density at radius 3 is 2.42 bits per heavy atom. The number of nitrogens with zero attached hydrogens (tertiary/aromatic N) is 2. The third-order valence-corrected chi connectivity index (χ3v) is 4.29. The van der Waals surface area contributed by atoms with E-state index in [0.717, 1.165) is 15.8 Å². The van der Waals surface area contributed by atoms with Gasteiger partial charge < -0.3 is 23.9 Å². The summed E-state index contributed by atoms with van der Waals surface area (Å²) >= 11 is 3.42. The lowest BCUT2D eigenvalue weighted by atomic mass is 10.1. The first-order valence-electron chi connectivity index (χ1n) is 7.77. The van der Waals surface area contributed by atoms with E-state index in [1.54, 1.807) is 12.1 Å². The Morgan fingerprint density at radius 2 is 1.81 bits per heavy atom. The van der Waals surface area contributed by atoms with Crippen LogP contribution in [0.3, 0.4) is 0 Å². The summed E-state index contributed by atoms with van der Waals surface area (Å²) in [5.41, 5.74) is 1.97. The standard InChI is InChI=1S/C18H18BrN3O4/c1-24-14-6-11(7-15(25-2)17(14)26-3)18(23)20-8-13-10-22-9-12(19)4-5-16(22)21-13/h4-7,9-10H,8H2,1-3H3,(H,20,23). The second-order valence-corrected chi connectivity index (χ2v) is 6.36. The number of nitrogens with one attached hydrogen (secondary N) is 1. The molecule has 136 valence electrons. The summed E-state index contributed by atoms with van der Waals surface area (Å²) in [6, 6.07) is 7.03. The lowest BCUT2D eigenvalue weighted by Crippen LogP contribution is -2.23. The van der Waals surface area contributed by atoms with E-state index in [1.165, 1.54) is 21.3 Å². The summed E-state index contributed by atoms with van der Waals surface area (Å²) in [6.07, 6.45) is 3.78. The van der Waals surface area contributed by atoms with Crippen LogP contribution in [0.15, 0.2) is 41.1 Å². The van der Waals surface area contributed by atoms with Crippen molar-refractivity contribution in [2.75, 3.05) is 21.3 Å². The van der Waals surface area contributed by atoms with Crippen LogP contribution in [0.2, 0.25) is 0 Å². The van der Waals surface area contributed by atoms with E-state index in [-0.39, 0.29) is 5.91 Å². The lowest BCUT2D eigenvalue weighted by molar-refractivity contribution is 0.0949. The van der Waals surface area contributed by atoms with Gasteiger partial charge in [0.25, 0.3) is 5.91 Å². The van der Waals surface area contributed by atoms with E-state index in [4.69, 9.17) is 14.2 Å². The first-order chi connectivity index (χ1) is 12.5. The Balaban J connectivity index is 1.78. The molecular weight excluding hydrogens is 402 g/mol. The maximum Gasteiger partial charge on any atom is 0.251 e. The number of carbonyl (C=O) groups is 1. The van der Waals surface area contributed by atoms with Crippen molar-refractivity contribution in [1.82, 2.24) is 14.7 Å². The fourth-order valence-corrected chi connectivity index (χ4v) is 2.94. The number of benzene rings is 1. The van der Waals surface area contributed by atoms with Gasteiger partial charge in [-0.3, -0.25) is 4.79 Å². The molecule has 1 aromatic carbocycles. The second kappa shape index (κ2) is 7.65.